The number of esters is 1. The predicted octanol–water partition coefficient (Wildman–Crippen LogP) is 5.69. The molecule has 0 bridgehead atoms. The van der Waals surface area contributed by atoms with Gasteiger partial charge in [-0.1, -0.05) is 29.8 Å². The van der Waals surface area contributed by atoms with Crippen LogP contribution >= 0.6 is 11.6 Å². The number of rotatable bonds is 9. The van der Waals surface area contributed by atoms with Crippen LogP contribution in [0.3, 0.4) is 0 Å². The molecule has 3 aromatic carbocycles. The number of carbonyl (C=O) groups is 1. The van der Waals surface area contributed by atoms with Gasteiger partial charge in [0.2, 0.25) is 5.82 Å². The molecule has 0 amide bonds. The van der Waals surface area contributed by atoms with Gasteiger partial charge in [-0.3, -0.25) is 4.79 Å². The molecule has 0 saturated carbocycles. The number of furan rings is 1. The van der Waals surface area contributed by atoms with Gasteiger partial charge in [-0.15, -0.1) is 0 Å². The molecule has 0 unspecified atom stereocenters. The lowest BCUT2D eigenvalue weighted by atomic mass is 10.2. The van der Waals surface area contributed by atoms with E-state index in [0.29, 0.717) is 44.0 Å². The second kappa shape index (κ2) is 11.7. The predicted molar refractivity (Wildman–Crippen MR) is 155 cm³/mol. The third-order valence-corrected chi connectivity index (χ3v) is 6.43. The van der Waals surface area contributed by atoms with Gasteiger partial charge in [0.05, 0.1) is 43.3 Å². The quantitative estimate of drug-likeness (QED) is 0.163. The van der Waals surface area contributed by atoms with Gasteiger partial charge in [0.25, 0.3) is 5.56 Å². The Morgan fingerprint density at radius 3 is 2.61 bits per heavy atom. The van der Waals surface area contributed by atoms with Crippen molar-refractivity contribution in [2.75, 3.05) is 20.8 Å². The molecule has 0 fully saturated rings. The minimum atomic E-state index is -0.955. The highest BCUT2D eigenvalue weighted by Crippen LogP contribution is 2.36. The Kier molecular flexibility index (Phi) is 7.93. The Bertz CT molecular complexity index is 1840. The Morgan fingerprint density at radius 2 is 1.85 bits per heavy atom. The summed E-state index contributed by atoms with van der Waals surface area (Å²) in [5, 5.41) is 5.90. The first kappa shape index (κ1) is 27.7. The maximum atomic E-state index is 13.7. The fourth-order valence-electron chi connectivity index (χ4n) is 4.28. The summed E-state index contributed by atoms with van der Waals surface area (Å²) in [6, 6.07) is 17.2. The molecule has 2 aromatic heterocycles. The number of halogens is 1. The largest absolute Gasteiger partial charge is 0.496 e. The first-order valence-electron chi connectivity index (χ1n) is 12.7. The van der Waals surface area contributed by atoms with Gasteiger partial charge in [0, 0.05) is 16.7 Å². The van der Waals surface area contributed by atoms with Crippen LogP contribution < -0.4 is 19.8 Å². The number of hydrogen-bond acceptors (Lipinski definition) is 9. The molecule has 10 nitrogen and oxygen atoms in total. The van der Waals surface area contributed by atoms with Crippen LogP contribution in [0.4, 0.5) is 0 Å². The lowest BCUT2D eigenvalue weighted by molar-refractivity contribution is -0.150. The Hall–Kier alpha value is -4.83. The lowest BCUT2D eigenvalue weighted by Gasteiger charge is -2.18. The number of nitrogens with zero attached hydrogens (tertiary/aromatic N) is 3. The van der Waals surface area contributed by atoms with Crippen LogP contribution in [-0.4, -0.2) is 48.8 Å². The molecular formula is C30H26ClN3O7. The highest BCUT2D eigenvalue weighted by atomic mass is 35.5. The number of methoxy groups -OCH3 is 2. The number of benzene rings is 3. The minimum Gasteiger partial charge on any atom is -0.496 e. The monoisotopic (exact) mass is 575 g/mol. The molecule has 0 radical (unpaired) electrons. The van der Waals surface area contributed by atoms with Gasteiger partial charge in [-0.2, -0.15) is 9.78 Å². The number of carbonyl (C=O) groups excluding carboxylic acids is 1. The van der Waals surface area contributed by atoms with Crippen LogP contribution in [0.1, 0.15) is 19.4 Å². The lowest BCUT2D eigenvalue weighted by Crippen LogP contribution is -2.26. The molecule has 1 atom stereocenters. The smallest absolute Gasteiger partial charge is 0.347 e. The summed E-state index contributed by atoms with van der Waals surface area (Å²) in [4.78, 5) is 30.7. The van der Waals surface area contributed by atoms with Crippen molar-refractivity contribution in [3.63, 3.8) is 0 Å². The molecule has 0 N–H and O–H groups in total. The van der Waals surface area contributed by atoms with Crippen LogP contribution in [0.2, 0.25) is 5.02 Å². The van der Waals surface area contributed by atoms with Crippen LogP contribution in [0.15, 0.2) is 75.0 Å². The van der Waals surface area contributed by atoms with E-state index in [9.17, 15) is 9.59 Å². The number of ether oxygens (including phenoxy) is 4. The molecule has 41 heavy (non-hydrogen) atoms. The fourth-order valence-corrected chi connectivity index (χ4v) is 4.50. The van der Waals surface area contributed by atoms with Crippen LogP contribution in [0.25, 0.3) is 33.5 Å². The molecule has 0 spiro atoms. The Labute approximate surface area is 239 Å². The topological polar surface area (TPSA) is 114 Å². The molecular weight excluding hydrogens is 550 g/mol. The third kappa shape index (κ3) is 5.46. The highest BCUT2D eigenvalue weighted by Gasteiger charge is 2.22. The molecule has 0 aliphatic heterocycles. The summed E-state index contributed by atoms with van der Waals surface area (Å²) in [7, 11) is 3.01. The average Bonchev–Trinajstić information content (AvgIpc) is 3.42. The number of hydrogen-bond donors (Lipinski definition) is 0. The van der Waals surface area contributed by atoms with Crippen LogP contribution in [0, 0.1) is 0 Å². The van der Waals surface area contributed by atoms with Gasteiger partial charge in [0.1, 0.15) is 11.3 Å². The zero-order valence-electron chi connectivity index (χ0n) is 22.7. The van der Waals surface area contributed by atoms with Crippen molar-refractivity contribution in [1.29, 1.82) is 0 Å². The minimum absolute atomic E-state index is 0.166. The van der Waals surface area contributed by atoms with Gasteiger partial charge in [-0.05, 0) is 50.2 Å². The third-order valence-electron chi connectivity index (χ3n) is 6.21. The second-order valence-electron chi connectivity index (χ2n) is 8.84. The number of fused-ring (bicyclic) bond motifs is 2. The van der Waals surface area contributed by atoms with Crippen molar-refractivity contribution >= 4 is 45.7 Å². The molecule has 2 heterocycles. The van der Waals surface area contributed by atoms with E-state index in [-0.39, 0.29) is 23.9 Å². The van der Waals surface area contributed by atoms with Gasteiger partial charge < -0.3 is 23.4 Å². The molecule has 5 rings (SSSR count). The first-order chi connectivity index (χ1) is 19.8. The summed E-state index contributed by atoms with van der Waals surface area (Å²) in [6.07, 6.45) is 0.426. The summed E-state index contributed by atoms with van der Waals surface area (Å²) in [5.41, 5.74) is 0.956. The van der Waals surface area contributed by atoms with Crippen molar-refractivity contribution in [3.8, 4) is 28.8 Å². The Balaban J connectivity index is 1.68. The van der Waals surface area contributed by atoms with Gasteiger partial charge in [-0.25, -0.2) is 9.78 Å². The molecule has 210 valence electrons. The standard InChI is InChI=1S/C30H26ClN3O7/c1-5-39-30(36)17(2)40-27-18(13-19(31)14-25(27)38-4)16-32-34-28(33-22-10-7-6-9-20(22)29(34)35)26-15-21-23(37-3)11-8-12-24(21)41-26/h6-17H,5H2,1-4H3/t17-/m1/s1. The van der Waals surface area contributed by atoms with E-state index >= 15 is 0 Å². The number of para-hydroxylation sites is 1. The first-order valence-corrected chi connectivity index (χ1v) is 13.1. The van der Waals surface area contributed by atoms with Crippen molar-refractivity contribution in [2.45, 2.75) is 20.0 Å². The van der Waals surface area contributed by atoms with E-state index < -0.39 is 17.6 Å². The van der Waals surface area contributed by atoms with E-state index in [1.165, 1.54) is 13.3 Å². The summed E-state index contributed by atoms with van der Waals surface area (Å²) in [5.74, 6) is 0.992. The van der Waals surface area contributed by atoms with E-state index in [4.69, 9.17) is 39.9 Å². The van der Waals surface area contributed by atoms with Crippen LogP contribution in [-0.2, 0) is 9.53 Å². The van der Waals surface area contributed by atoms with E-state index in [0.717, 1.165) is 4.68 Å². The maximum Gasteiger partial charge on any atom is 0.347 e. The normalized spacial score (nSPS) is 12.1. The molecule has 5 aromatic rings. The molecule has 0 aliphatic carbocycles. The van der Waals surface area contributed by atoms with Crippen molar-refractivity contribution in [1.82, 2.24) is 9.66 Å². The fraction of sp³-hybridized carbons (Fsp3) is 0.200. The summed E-state index contributed by atoms with van der Waals surface area (Å²) >= 11 is 6.34. The SMILES string of the molecule is CCOC(=O)[C@@H](C)Oc1c(C=Nn2c(-c3cc4c(OC)cccc4o3)nc3ccccc3c2=O)cc(Cl)cc1OC. The van der Waals surface area contributed by atoms with Crippen molar-refractivity contribution < 1.29 is 28.2 Å². The summed E-state index contributed by atoms with van der Waals surface area (Å²) in [6.45, 7) is 3.46. The molecule has 0 aliphatic rings. The zero-order chi connectivity index (χ0) is 29.1. The highest BCUT2D eigenvalue weighted by molar-refractivity contribution is 6.31. The second-order valence-corrected chi connectivity index (χ2v) is 9.27. The maximum absolute atomic E-state index is 13.7. The molecule has 0 saturated heterocycles. The van der Waals surface area contributed by atoms with E-state index in [1.807, 2.05) is 6.07 Å². The summed E-state index contributed by atoms with van der Waals surface area (Å²) < 4.78 is 29.1. The van der Waals surface area contributed by atoms with Crippen molar-refractivity contribution in [2.24, 2.45) is 5.10 Å². The molecule has 11 heteroatoms. The van der Waals surface area contributed by atoms with E-state index in [1.54, 1.807) is 75.6 Å². The van der Waals surface area contributed by atoms with Gasteiger partial charge in [0.15, 0.2) is 23.4 Å². The average molecular weight is 576 g/mol. The van der Waals surface area contributed by atoms with Gasteiger partial charge >= 0.3 is 5.97 Å². The Morgan fingerprint density at radius 1 is 1.07 bits per heavy atom. The zero-order valence-corrected chi connectivity index (χ0v) is 23.5. The van der Waals surface area contributed by atoms with Crippen LogP contribution in [0.5, 0.6) is 17.2 Å². The van der Waals surface area contributed by atoms with E-state index in [2.05, 4.69) is 5.10 Å². The van der Waals surface area contributed by atoms with Crippen molar-refractivity contribution in [3.05, 3.63) is 81.6 Å². The number of aromatic nitrogens is 2.